The van der Waals surface area contributed by atoms with Gasteiger partial charge in [-0.3, -0.25) is 20.4 Å². The number of halogens is 3. The van der Waals surface area contributed by atoms with Crippen molar-refractivity contribution < 1.29 is 27.5 Å². The first-order chi connectivity index (χ1) is 12.8. The standard InChI is InChI=1S/C19H19F3N2O3/c1-2-13-6-8-16(9-7-13)27-12-18(26)24-23-17(25)11-14-4-3-5-15(10-14)19(20,21)22/h3-10H,2,11-12H2,1H3,(H,23,25)(H,24,26). The topological polar surface area (TPSA) is 67.4 Å². The summed E-state index contributed by atoms with van der Waals surface area (Å²) >= 11 is 0. The minimum atomic E-state index is -4.48. The van der Waals surface area contributed by atoms with Crippen LogP contribution < -0.4 is 15.6 Å². The maximum absolute atomic E-state index is 12.7. The number of alkyl halides is 3. The van der Waals surface area contributed by atoms with Crippen molar-refractivity contribution in [3.05, 3.63) is 65.2 Å². The van der Waals surface area contributed by atoms with Gasteiger partial charge >= 0.3 is 6.18 Å². The number of aryl methyl sites for hydroxylation is 1. The molecule has 0 unspecified atom stereocenters. The van der Waals surface area contributed by atoms with Gasteiger partial charge in [0.05, 0.1) is 12.0 Å². The minimum absolute atomic E-state index is 0.184. The fraction of sp³-hybridized carbons (Fsp3) is 0.263. The van der Waals surface area contributed by atoms with Gasteiger partial charge in [-0.05, 0) is 35.7 Å². The number of hydrogen-bond acceptors (Lipinski definition) is 3. The molecule has 0 spiro atoms. The van der Waals surface area contributed by atoms with Crippen LogP contribution in [0.3, 0.4) is 0 Å². The van der Waals surface area contributed by atoms with Crippen molar-refractivity contribution in [2.45, 2.75) is 25.9 Å². The van der Waals surface area contributed by atoms with E-state index in [2.05, 4.69) is 10.9 Å². The highest BCUT2D eigenvalue weighted by atomic mass is 19.4. The SMILES string of the molecule is CCc1ccc(OCC(=O)NNC(=O)Cc2cccc(C(F)(F)F)c2)cc1. The first-order valence-corrected chi connectivity index (χ1v) is 8.23. The molecular formula is C19H19F3N2O3. The average Bonchev–Trinajstić information content (AvgIpc) is 2.64. The Bertz CT molecular complexity index is 790. The van der Waals surface area contributed by atoms with Crippen LogP contribution in [0.4, 0.5) is 13.2 Å². The number of carbonyl (C=O) groups is 2. The third-order valence-corrected chi connectivity index (χ3v) is 3.66. The Morgan fingerprint density at radius 3 is 2.26 bits per heavy atom. The van der Waals surface area contributed by atoms with E-state index < -0.39 is 23.6 Å². The molecule has 5 nitrogen and oxygen atoms in total. The Balaban J connectivity index is 1.77. The van der Waals surface area contributed by atoms with Crippen LogP contribution in [-0.2, 0) is 28.6 Å². The third-order valence-electron chi connectivity index (χ3n) is 3.66. The van der Waals surface area contributed by atoms with E-state index in [4.69, 9.17) is 4.74 Å². The molecule has 0 aliphatic carbocycles. The third kappa shape index (κ3) is 6.65. The molecule has 0 fully saturated rings. The van der Waals surface area contributed by atoms with Crippen molar-refractivity contribution in [3.63, 3.8) is 0 Å². The first kappa shape index (κ1) is 20.3. The van der Waals surface area contributed by atoms with Crippen LogP contribution in [0.2, 0.25) is 0 Å². The van der Waals surface area contributed by atoms with Crippen molar-refractivity contribution in [1.29, 1.82) is 0 Å². The molecule has 2 aromatic carbocycles. The Morgan fingerprint density at radius 1 is 0.963 bits per heavy atom. The van der Waals surface area contributed by atoms with Crippen molar-refractivity contribution in [2.75, 3.05) is 6.61 Å². The summed E-state index contributed by atoms with van der Waals surface area (Å²) in [4.78, 5) is 23.5. The summed E-state index contributed by atoms with van der Waals surface area (Å²) in [6.45, 7) is 1.71. The maximum Gasteiger partial charge on any atom is 0.416 e. The molecular weight excluding hydrogens is 361 g/mol. The highest BCUT2D eigenvalue weighted by Gasteiger charge is 2.30. The van der Waals surface area contributed by atoms with Crippen LogP contribution in [0.5, 0.6) is 5.75 Å². The molecule has 0 bridgehead atoms. The molecule has 0 saturated carbocycles. The maximum atomic E-state index is 12.7. The normalized spacial score (nSPS) is 11.0. The largest absolute Gasteiger partial charge is 0.484 e. The van der Waals surface area contributed by atoms with Crippen LogP contribution in [0.25, 0.3) is 0 Å². The van der Waals surface area contributed by atoms with Gasteiger partial charge in [0.1, 0.15) is 5.75 Å². The zero-order chi connectivity index (χ0) is 19.9. The summed E-state index contributed by atoms with van der Waals surface area (Å²) in [5.41, 5.74) is 4.78. The molecule has 0 heterocycles. The predicted octanol–water partition coefficient (Wildman–Crippen LogP) is 3.04. The molecule has 2 amide bonds. The second kappa shape index (κ2) is 9.07. The highest BCUT2D eigenvalue weighted by Crippen LogP contribution is 2.29. The van der Waals surface area contributed by atoms with Gasteiger partial charge in [-0.15, -0.1) is 0 Å². The quantitative estimate of drug-likeness (QED) is 0.757. The summed E-state index contributed by atoms with van der Waals surface area (Å²) < 4.78 is 43.2. The first-order valence-electron chi connectivity index (χ1n) is 8.23. The number of ether oxygens (including phenoxy) is 1. The van der Waals surface area contributed by atoms with E-state index in [1.165, 1.54) is 12.1 Å². The molecule has 0 aromatic heterocycles. The molecule has 27 heavy (non-hydrogen) atoms. The van der Waals surface area contributed by atoms with E-state index in [0.29, 0.717) is 5.75 Å². The molecule has 8 heteroatoms. The fourth-order valence-corrected chi connectivity index (χ4v) is 2.23. The fourth-order valence-electron chi connectivity index (χ4n) is 2.23. The highest BCUT2D eigenvalue weighted by molar-refractivity contribution is 5.83. The molecule has 0 aliphatic heterocycles. The van der Waals surface area contributed by atoms with Gasteiger partial charge in [-0.25, -0.2) is 0 Å². The second-order valence-corrected chi connectivity index (χ2v) is 5.76. The molecule has 0 atom stereocenters. The van der Waals surface area contributed by atoms with E-state index in [1.807, 2.05) is 19.1 Å². The van der Waals surface area contributed by atoms with E-state index in [-0.39, 0.29) is 18.6 Å². The molecule has 2 N–H and O–H groups in total. The van der Waals surface area contributed by atoms with Crippen molar-refractivity contribution in [1.82, 2.24) is 10.9 Å². The summed E-state index contributed by atoms with van der Waals surface area (Å²) in [7, 11) is 0. The van der Waals surface area contributed by atoms with E-state index in [0.717, 1.165) is 24.1 Å². The smallest absolute Gasteiger partial charge is 0.416 e. The lowest BCUT2D eigenvalue weighted by Crippen LogP contribution is -2.44. The monoisotopic (exact) mass is 380 g/mol. The van der Waals surface area contributed by atoms with Crippen LogP contribution in [0.15, 0.2) is 48.5 Å². The van der Waals surface area contributed by atoms with Crippen molar-refractivity contribution >= 4 is 11.8 Å². The average molecular weight is 380 g/mol. The molecule has 144 valence electrons. The minimum Gasteiger partial charge on any atom is -0.484 e. The van der Waals surface area contributed by atoms with E-state index in [1.54, 1.807) is 12.1 Å². The van der Waals surface area contributed by atoms with E-state index in [9.17, 15) is 22.8 Å². The molecule has 0 aliphatic rings. The molecule has 0 radical (unpaired) electrons. The number of carbonyl (C=O) groups excluding carboxylic acids is 2. The number of rotatable bonds is 6. The number of hydrogen-bond donors (Lipinski definition) is 2. The van der Waals surface area contributed by atoms with Crippen LogP contribution in [0.1, 0.15) is 23.6 Å². The molecule has 2 aromatic rings. The van der Waals surface area contributed by atoms with Crippen molar-refractivity contribution in [3.8, 4) is 5.75 Å². The number of benzene rings is 2. The lowest BCUT2D eigenvalue weighted by molar-refractivity contribution is -0.137. The lowest BCUT2D eigenvalue weighted by atomic mass is 10.1. The summed E-state index contributed by atoms with van der Waals surface area (Å²) in [5, 5.41) is 0. The zero-order valence-electron chi connectivity index (χ0n) is 14.6. The van der Waals surface area contributed by atoms with Gasteiger partial charge in [-0.2, -0.15) is 13.2 Å². The van der Waals surface area contributed by atoms with Crippen LogP contribution in [-0.4, -0.2) is 18.4 Å². The van der Waals surface area contributed by atoms with Gasteiger partial charge < -0.3 is 4.74 Å². The second-order valence-electron chi connectivity index (χ2n) is 5.76. The molecule has 2 rings (SSSR count). The van der Waals surface area contributed by atoms with Gasteiger partial charge in [0.15, 0.2) is 6.61 Å². The molecule has 0 saturated heterocycles. The lowest BCUT2D eigenvalue weighted by Gasteiger charge is -2.10. The van der Waals surface area contributed by atoms with Gasteiger partial charge in [0, 0.05) is 0 Å². The van der Waals surface area contributed by atoms with Crippen LogP contribution in [0, 0.1) is 0 Å². The van der Waals surface area contributed by atoms with Gasteiger partial charge in [-0.1, -0.05) is 37.3 Å². The summed E-state index contributed by atoms with van der Waals surface area (Å²) in [6, 6.07) is 11.7. The zero-order valence-corrected chi connectivity index (χ0v) is 14.6. The van der Waals surface area contributed by atoms with Crippen LogP contribution >= 0.6 is 0 Å². The number of amides is 2. The predicted molar refractivity (Wildman–Crippen MR) is 92.7 cm³/mol. The van der Waals surface area contributed by atoms with Gasteiger partial charge in [0.25, 0.3) is 5.91 Å². The Hall–Kier alpha value is -3.03. The van der Waals surface area contributed by atoms with Crippen molar-refractivity contribution in [2.24, 2.45) is 0 Å². The summed E-state index contributed by atoms with van der Waals surface area (Å²) in [6.07, 6.45) is -3.89. The number of nitrogens with one attached hydrogen (secondary N) is 2. The Labute approximate surface area is 154 Å². The van der Waals surface area contributed by atoms with Gasteiger partial charge in [0.2, 0.25) is 5.91 Å². The van der Waals surface area contributed by atoms with E-state index >= 15 is 0 Å². The Kier molecular flexibility index (Phi) is 6.81. The Morgan fingerprint density at radius 2 is 1.63 bits per heavy atom. The summed E-state index contributed by atoms with van der Waals surface area (Å²) in [5.74, 6) is -0.723. The number of hydrazine groups is 1.